The van der Waals surface area contributed by atoms with Gasteiger partial charge in [0.05, 0.1) is 25.1 Å². The van der Waals surface area contributed by atoms with Crippen molar-refractivity contribution >= 4 is 11.7 Å². The smallest absolute Gasteiger partial charge is 0.303 e. The maximum absolute atomic E-state index is 11.9. The first-order valence-electron chi connectivity index (χ1n) is 6.78. The Balaban J connectivity index is 1.91. The SMILES string of the molecule is O=C(O)CCCCn1ncc(N2CCOCC2)cc1=O. The summed E-state index contributed by atoms with van der Waals surface area (Å²) in [5, 5.41) is 12.7. The monoisotopic (exact) mass is 281 g/mol. The summed E-state index contributed by atoms with van der Waals surface area (Å²) in [6.45, 7) is 3.32. The van der Waals surface area contributed by atoms with Gasteiger partial charge in [-0.3, -0.25) is 9.59 Å². The van der Waals surface area contributed by atoms with Crippen molar-refractivity contribution in [1.29, 1.82) is 0 Å². The average molecular weight is 281 g/mol. The van der Waals surface area contributed by atoms with Gasteiger partial charge in [0.2, 0.25) is 0 Å². The zero-order valence-corrected chi connectivity index (χ0v) is 11.3. The van der Waals surface area contributed by atoms with E-state index in [-0.39, 0.29) is 12.0 Å². The van der Waals surface area contributed by atoms with E-state index in [0.717, 1.165) is 18.8 Å². The van der Waals surface area contributed by atoms with Gasteiger partial charge in [0.15, 0.2) is 0 Å². The Hall–Kier alpha value is -1.89. The second-order valence-corrected chi connectivity index (χ2v) is 4.73. The molecule has 20 heavy (non-hydrogen) atoms. The molecule has 2 heterocycles. The van der Waals surface area contributed by atoms with Gasteiger partial charge in [0.25, 0.3) is 5.56 Å². The van der Waals surface area contributed by atoms with Crippen molar-refractivity contribution in [3.63, 3.8) is 0 Å². The number of aliphatic carboxylic acids is 1. The summed E-state index contributed by atoms with van der Waals surface area (Å²) in [4.78, 5) is 24.4. The minimum atomic E-state index is -0.812. The molecule has 0 aromatic carbocycles. The van der Waals surface area contributed by atoms with Crippen LogP contribution in [-0.4, -0.2) is 47.2 Å². The highest BCUT2D eigenvalue weighted by atomic mass is 16.5. The van der Waals surface area contributed by atoms with Crippen molar-refractivity contribution in [1.82, 2.24) is 9.78 Å². The number of hydrogen-bond donors (Lipinski definition) is 1. The fourth-order valence-electron chi connectivity index (χ4n) is 2.12. The van der Waals surface area contributed by atoms with E-state index in [1.807, 2.05) is 0 Å². The number of ether oxygens (including phenoxy) is 1. The molecule has 7 heteroatoms. The average Bonchev–Trinajstić information content (AvgIpc) is 2.45. The van der Waals surface area contributed by atoms with Gasteiger partial charge in [-0.2, -0.15) is 5.10 Å². The molecule has 0 aliphatic carbocycles. The molecule has 1 aromatic rings. The van der Waals surface area contributed by atoms with Gasteiger partial charge in [-0.05, 0) is 12.8 Å². The Kier molecular flexibility index (Phi) is 5.11. The lowest BCUT2D eigenvalue weighted by Crippen LogP contribution is -2.37. The standard InChI is InChI=1S/C13H19N3O4/c17-12-9-11(15-5-7-20-8-6-15)10-14-16(12)4-2-1-3-13(18)19/h9-10H,1-8H2,(H,18,19). The summed E-state index contributed by atoms with van der Waals surface area (Å²) in [7, 11) is 0. The Morgan fingerprint density at radius 1 is 1.35 bits per heavy atom. The van der Waals surface area contributed by atoms with E-state index in [4.69, 9.17) is 9.84 Å². The van der Waals surface area contributed by atoms with Crippen molar-refractivity contribution in [2.75, 3.05) is 31.2 Å². The van der Waals surface area contributed by atoms with Gasteiger partial charge in [-0.1, -0.05) is 0 Å². The molecule has 1 saturated heterocycles. The number of aryl methyl sites for hydroxylation is 1. The maximum atomic E-state index is 11.9. The highest BCUT2D eigenvalue weighted by Gasteiger charge is 2.12. The zero-order chi connectivity index (χ0) is 14.4. The van der Waals surface area contributed by atoms with Gasteiger partial charge in [-0.25, -0.2) is 4.68 Å². The molecule has 110 valence electrons. The Bertz CT molecular complexity index is 509. The predicted molar refractivity (Wildman–Crippen MR) is 73.0 cm³/mol. The van der Waals surface area contributed by atoms with E-state index in [9.17, 15) is 9.59 Å². The van der Waals surface area contributed by atoms with Gasteiger partial charge in [0.1, 0.15) is 0 Å². The molecule has 2 rings (SSSR count). The summed E-state index contributed by atoms with van der Waals surface area (Å²) in [6.07, 6.45) is 3.00. The lowest BCUT2D eigenvalue weighted by atomic mass is 10.2. The third-order valence-corrected chi connectivity index (χ3v) is 3.24. The largest absolute Gasteiger partial charge is 0.481 e. The zero-order valence-electron chi connectivity index (χ0n) is 11.3. The van der Waals surface area contributed by atoms with Crippen LogP contribution < -0.4 is 10.5 Å². The van der Waals surface area contributed by atoms with Crippen molar-refractivity contribution in [3.05, 3.63) is 22.6 Å². The van der Waals surface area contributed by atoms with Gasteiger partial charge in [0, 0.05) is 32.1 Å². The second kappa shape index (κ2) is 7.04. The van der Waals surface area contributed by atoms with E-state index >= 15 is 0 Å². The molecule has 1 aromatic heterocycles. The van der Waals surface area contributed by atoms with Crippen molar-refractivity contribution in [3.8, 4) is 0 Å². The molecule has 0 amide bonds. The molecule has 0 spiro atoms. The third-order valence-electron chi connectivity index (χ3n) is 3.24. The first-order chi connectivity index (χ1) is 9.66. The van der Waals surface area contributed by atoms with E-state index < -0.39 is 5.97 Å². The van der Waals surface area contributed by atoms with E-state index in [1.165, 1.54) is 4.68 Å². The summed E-state index contributed by atoms with van der Waals surface area (Å²) >= 11 is 0. The van der Waals surface area contributed by atoms with Crippen molar-refractivity contribution in [2.24, 2.45) is 0 Å². The van der Waals surface area contributed by atoms with Gasteiger partial charge >= 0.3 is 5.97 Å². The number of carboxylic acid groups (broad SMARTS) is 1. The van der Waals surface area contributed by atoms with Crippen molar-refractivity contribution in [2.45, 2.75) is 25.8 Å². The molecule has 0 unspecified atom stereocenters. The van der Waals surface area contributed by atoms with Crippen LogP contribution >= 0.6 is 0 Å². The van der Waals surface area contributed by atoms with Crippen LogP contribution in [0.4, 0.5) is 5.69 Å². The topological polar surface area (TPSA) is 84.7 Å². The molecular formula is C13H19N3O4. The number of unbranched alkanes of at least 4 members (excludes halogenated alkanes) is 1. The van der Waals surface area contributed by atoms with Crippen LogP contribution in [0.25, 0.3) is 0 Å². The Morgan fingerprint density at radius 3 is 2.75 bits per heavy atom. The number of rotatable bonds is 6. The van der Waals surface area contributed by atoms with E-state index in [0.29, 0.717) is 32.6 Å². The fourth-order valence-corrected chi connectivity index (χ4v) is 2.12. The Labute approximate surface area is 116 Å². The van der Waals surface area contributed by atoms with Crippen LogP contribution in [0.1, 0.15) is 19.3 Å². The molecule has 0 saturated carbocycles. The fraction of sp³-hybridized carbons (Fsp3) is 0.615. The molecule has 1 aliphatic heterocycles. The molecule has 0 radical (unpaired) electrons. The lowest BCUT2D eigenvalue weighted by Gasteiger charge is -2.28. The number of nitrogens with zero attached hydrogens (tertiary/aromatic N) is 3. The minimum Gasteiger partial charge on any atom is -0.481 e. The normalized spacial score (nSPS) is 15.3. The molecule has 7 nitrogen and oxygen atoms in total. The Morgan fingerprint density at radius 2 is 2.10 bits per heavy atom. The molecule has 0 bridgehead atoms. The number of carbonyl (C=O) groups is 1. The molecule has 1 N–H and O–H groups in total. The van der Waals surface area contributed by atoms with Crippen LogP contribution in [0.2, 0.25) is 0 Å². The number of anilines is 1. The summed E-state index contributed by atoms with van der Waals surface area (Å²) < 4.78 is 6.65. The van der Waals surface area contributed by atoms with Gasteiger partial charge < -0.3 is 14.7 Å². The number of carboxylic acids is 1. The highest BCUT2D eigenvalue weighted by molar-refractivity contribution is 5.66. The number of hydrogen-bond acceptors (Lipinski definition) is 5. The first kappa shape index (κ1) is 14.5. The van der Waals surface area contributed by atoms with E-state index in [1.54, 1.807) is 12.3 Å². The molecule has 1 aliphatic rings. The lowest BCUT2D eigenvalue weighted by molar-refractivity contribution is -0.137. The molecule has 0 atom stereocenters. The second-order valence-electron chi connectivity index (χ2n) is 4.73. The van der Waals surface area contributed by atoms with Crippen molar-refractivity contribution < 1.29 is 14.6 Å². The number of aromatic nitrogens is 2. The summed E-state index contributed by atoms with van der Waals surface area (Å²) in [5.41, 5.74) is 0.671. The first-order valence-corrected chi connectivity index (χ1v) is 6.78. The highest BCUT2D eigenvalue weighted by Crippen LogP contribution is 2.11. The van der Waals surface area contributed by atoms with Crippen LogP contribution in [0.3, 0.4) is 0 Å². The van der Waals surface area contributed by atoms with Crippen LogP contribution in [-0.2, 0) is 16.1 Å². The molecule has 1 fully saturated rings. The quantitative estimate of drug-likeness (QED) is 0.757. The maximum Gasteiger partial charge on any atom is 0.303 e. The summed E-state index contributed by atoms with van der Waals surface area (Å²) in [5.74, 6) is -0.812. The minimum absolute atomic E-state index is 0.126. The van der Waals surface area contributed by atoms with Crippen LogP contribution in [0.5, 0.6) is 0 Å². The number of morpholine rings is 1. The third kappa shape index (κ3) is 4.06. The summed E-state index contributed by atoms with van der Waals surface area (Å²) in [6, 6.07) is 1.58. The van der Waals surface area contributed by atoms with Crippen LogP contribution in [0, 0.1) is 0 Å². The van der Waals surface area contributed by atoms with Gasteiger partial charge in [-0.15, -0.1) is 0 Å². The predicted octanol–water partition coefficient (Wildman–Crippen LogP) is 0.335. The van der Waals surface area contributed by atoms with Crippen LogP contribution in [0.15, 0.2) is 17.1 Å². The van der Waals surface area contributed by atoms with E-state index in [2.05, 4.69) is 10.00 Å². The molecular weight excluding hydrogens is 262 g/mol.